The standard InChI is InChI=1S/C19H22BrNO2/c1-14(2)23-16-11-9-15(10-12-16)6-5-13-21-19(22)17-7-3-4-8-18(17)20/h3-4,7-12,14H,5-6,13H2,1-2H3,(H,21,22). The summed E-state index contributed by atoms with van der Waals surface area (Å²) in [7, 11) is 0. The van der Waals surface area contributed by atoms with Gasteiger partial charge in [-0.05, 0) is 72.4 Å². The summed E-state index contributed by atoms with van der Waals surface area (Å²) in [5.41, 5.74) is 1.92. The van der Waals surface area contributed by atoms with Gasteiger partial charge in [0.15, 0.2) is 0 Å². The SMILES string of the molecule is CC(C)Oc1ccc(CCCNC(=O)c2ccccc2Br)cc1. The molecule has 0 saturated heterocycles. The van der Waals surface area contributed by atoms with E-state index in [0.29, 0.717) is 12.1 Å². The Hall–Kier alpha value is -1.81. The van der Waals surface area contributed by atoms with E-state index < -0.39 is 0 Å². The lowest BCUT2D eigenvalue weighted by Gasteiger charge is -2.10. The first-order chi connectivity index (χ1) is 11.1. The third kappa shape index (κ3) is 5.71. The molecule has 4 heteroatoms. The molecule has 2 rings (SSSR count). The van der Waals surface area contributed by atoms with E-state index in [4.69, 9.17) is 4.74 Å². The number of rotatable bonds is 7. The number of nitrogens with one attached hydrogen (secondary N) is 1. The van der Waals surface area contributed by atoms with Crippen LogP contribution in [0.2, 0.25) is 0 Å². The van der Waals surface area contributed by atoms with Gasteiger partial charge in [0.25, 0.3) is 5.91 Å². The fourth-order valence-electron chi connectivity index (χ4n) is 2.24. The Labute approximate surface area is 146 Å². The second kappa shape index (κ2) is 8.73. The molecule has 3 nitrogen and oxygen atoms in total. The van der Waals surface area contributed by atoms with Crippen molar-refractivity contribution in [2.45, 2.75) is 32.8 Å². The number of benzene rings is 2. The summed E-state index contributed by atoms with van der Waals surface area (Å²) < 4.78 is 6.44. The molecule has 23 heavy (non-hydrogen) atoms. The normalized spacial score (nSPS) is 10.6. The molecule has 0 spiro atoms. The topological polar surface area (TPSA) is 38.3 Å². The van der Waals surface area contributed by atoms with E-state index in [1.807, 2.05) is 50.2 Å². The zero-order chi connectivity index (χ0) is 16.7. The average molecular weight is 376 g/mol. The number of hydrogen-bond acceptors (Lipinski definition) is 2. The minimum absolute atomic E-state index is 0.0434. The van der Waals surface area contributed by atoms with E-state index in [2.05, 4.69) is 33.4 Å². The molecule has 0 aliphatic heterocycles. The van der Waals surface area contributed by atoms with Crippen molar-refractivity contribution in [2.75, 3.05) is 6.54 Å². The van der Waals surface area contributed by atoms with Crippen LogP contribution in [-0.2, 0) is 6.42 Å². The van der Waals surface area contributed by atoms with Crippen LogP contribution in [0.25, 0.3) is 0 Å². The molecule has 0 saturated carbocycles. The summed E-state index contributed by atoms with van der Waals surface area (Å²) in [6.45, 7) is 4.69. The van der Waals surface area contributed by atoms with Gasteiger partial charge < -0.3 is 10.1 Å². The highest BCUT2D eigenvalue weighted by atomic mass is 79.9. The van der Waals surface area contributed by atoms with Gasteiger partial charge in [0, 0.05) is 11.0 Å². The minimum atomic E-state index is -0.0434. The highest BCUT2D eigenvalue weighted by molar-refractivity contribution is 9.10. The Kier molecular flexibility index (Phi) is 6.66. The van der Waals surface area contributed by atoms with Gasteiger partial charge in [0.2, 0.25) is 0 Å². The van der Waals surface area contributed by atoms with Crippen LogP contribution in [0.4, 0.5) is 0 Å². The Balaban J connectivity index is 1.75. The van der Waals surface area contributed by atoms with Crippen molar-refractivity contribution < 1.29 is 9.53 Å². The van der Waals surface area contributed by atoms with Crippen LogP contribution in [0.3, 0.4) is 0 Å². The van der Waals surface area contributed by atoms with Crippen molar-refractivity contribution in [2.24, 2.45) is 0 Å². The molecule has 0 aromatic heterocycles. The number of amides is 1. The maximum atomic E-state index is 12.1. The average Bonchev–Trinajstić information content (AvgIpc) is 2.53. The summed E-state index contributed by atoms with van der Waals surface area (Å²) in [4.78, 5) is 12.1. The van der Waals surface area contributed by atoms with Gasteiger partial charge in [0.05, 0.1) is 11.7 Å². The van der Waals surface area contributed by atoms with Gasteiger partial charge in [0.1, 0.15) is 5.75 Å². The predicted octanol–water partition coefficient (Wildman–Crippen LogP) is 4.60. The number of aryl methyl sites for hydroxylation is 1. The number of hydrogen-bond donors (Lipinski definition) is 1. The van der Waals surface area contributed by atoms with Crippen LogP contribution in [0.1, 0.15) is 36.2 Å². The zero-order valence-corrected chi connectivity index (χ0v) is 15.1. The molecule has 0 atom stereocenters. The molecule has 1 amide bonds. The lowest BCUT2D eigenvalue weighted by Crippen LogP contribution is -2.25. The molecular weight excluding hydrogens is 354 g/mol. The third-order valence-electron chi connectivity index (χ3n) is 3.34. The highest BCUT2D eigenvalue weighted by Gasteiger charge is 2.07. The van der Waals surface area contributed by atoms with E-state index in [1.165, 1.54) is 5.56 Å². The van der Waals surface area contributed by atoms with E-state index in [1.54, 1.807) is 0 Å². The predicted molar refractivity (Wildman–Crippen MR) is 97.0 cm³/mol. The van der Waals surface area contributed by atoms with Crippen LogP contribution >= 0.6 is 15.9 Å². The van der Waals surface area contributed by atoms with Crippen LogP contribution in [0.15, 0.2) is 53.0 Å². The van der Waals surface area contributed by atoms with Gasteiger partial charge in [-0.1, -0.05) is 24.3 Å². The van der Waals surface area contributed by atoms with Crippen molar-refractivity contribution in [1.82, 2.24) is 5.32 Å². The monoisotopic (exact) mass is 375 g/mol. The van der Waals surface area contributed by atoms with Crippen molar-refractivity contribution in [3.63, 3.8) is 0 Å². The minimum Gasteiger partial charge on any atom is -0.491 e. The molecule has 0 radical (unpaired) electrons. The molecule has 2 aromatic carbocycles. The van der Waals surface area contributed by atoms with Gasteiger partial charge >= 0.3 is 0 Å². The first-order valence-corrected chi connectivity index (χ1v) is 8.64. The number of carbonyl (C=O) groups is 1. The van der Waals surface area contributed by atoms with E-state index in [-0.39, 0.29) is 12.0 Å². The molecule has 122 valence electrons. The molecule has 0 heterocycles. The third-order valence-corrected chi connectivity index (χ3v) is 4.03. The molecule has 0 bridgehead atoms. The Bertz CT molecular complexity index is 638. The first-order valence-electron chi connectivity index (χ1n) is 7.84. The maximum absolute atomic E-state index is 12.1. The number of carbonyl (C=O) groups excluding carboxylic acids is 1. The van der Waals surface area contributed by atoms with Gasteiger partial charge in [-0.25, -0.2) is 0 Å². The van der Waals surface area contributed by atoms with Crippen LogP contribution < -0.4 is 10.1 Å². The summed E-state index contributed by atoms with van der Waals surface area (Å²) in [5.74, 6) is 0.851. The Morgan fingerprint density at radius 3 is 2.48 bits per heavy atom. The quantitative estimate of drug-likeness (QED) is 0.718. The summed E-state index contributed by atoms with van der Waals surface area (Å²) in [5, 5.41) is 2.95. The lowest BCUT2D eigenvalue weighted by molar-refractivity contribution is 0.0952. The summed E-state index contributed by atoms with van der Waals surface area (Å²) in [6, 6.07) is 15.6. The van der Waals surface area contributed by atoms with Gasteiger partial charge in [-0.2, -0.15) is 0 Å². The van der Waals surface area contributed by atoms with E-state index >= 15 is 0 Å². The van der Waals surface area contributed by atoms with Gasteiger partial charge in [-0.15, -0.1) is 0 Å². The zero-order valence-electron chi connectivity index (χ0n) is 13.5. The molecular formula is C19H22BrNO2. The Morgan fingerprint density at radius 2 is 1.83 bits per heavy atom. The second-order valence-electron chi connectivity index (χ2n) is 5.65. The highest BCUT2D eigenvalue weighted by Crippen LogP contribution is 2.16. The molecule has 1 N–H and O–H groups in total. The maximum Gasteiger partial charge on any atom is 0.252 e. The largest absolute Gasteiger partial charge is 0.491 e. The van der Waals surface area contributed by atoms with E-state index in [9.17, 15) is 4.79 Å². The summed E-state index contributed by atoms with van der Waals surface area (Å²) >= 11 is 3.39. The first kappa shape index (κ1) is 17.5. The van der Waals surface area contributed by atoms with Crippen LogP contribution in [0.5, 0.6) is 5.75 Å². The van der Waals surface area contributed by atoms with Gasteiger partial charge in [-0.3, -0.25) is 4.79 Å². The van der Waals surface area contributed by atoms with Crippen LogP contribution in [0, 0.1) is 0 Å². The van der Waals surface area contributed by atoms with Crippen molar-refractivity contribution in [3.8, 4) is 5.75 Å². The Morgan fingerprint density at radius 1 is 1.13 bits per heavy atom. The second-order valence-corrected chi connectivity index (χ2v) is 6.50. The van der Waals surface area contributed by atoms with Crippen molar-refractivity contribution in [1.29, 1.82) is 0 Å². The molecule has 0 aliphatic rings. The fraction of sp³-hybridized carbons (Fsp3) is 0.316. The van der Waals surface area contributed by atoms with Crippen LogP contribution in [-0.4, -0.2) is 18.6 Å². The van der Waals surface area contributed by atoms with Crippen molar-refractivity contribution in [3.05, 3.63) is 64.1 Å². The molecule has 0 aliphatic carbocycles. The molecule has 0 fully saturated rings. The molecule has 0 unspecified atom stereocenters. The molecule has 2 aromatic rings. The number of halogens is 1. The smallest absolute Gasteiger partial charge is 0.252 e. The fourth-order valence-corrected chi connectivity index (χ4v) is 2.71. The van der Waals surface area contributed by atoms with E-state index in [0.717, 1.165) is 23.1 Å². The lowest BCUT2D eigenvalue weighted by atomic mass is 10.1. The van der Waals surface area contributed by atoms with Crippen molar-refractivity contribution >= 4 is 21.8 Å². The number of ether oxygens (including phenoxy) is 1. The summed E-state index contributed by atoms with van der Waals surface area (Å²) in [6.07, 6.45) is 2.02.